The van der Waals surface area contributed by atoms with Crippen molar-refractivity contribution in [1.29, 1.82) is 0 Å². The van der Waals surface area contributed by atoms with E-state index in [2.05, 4.69) is 4.72 Å². The fraction of sp³-hybridized carbons (Fsp3) is 0.423. The molecule has 0 aliphatic carbocycles. The largest absolute Gasteiger partial charge is 0.309 e. The van der Waals surface area contributed by atoms with E-state index in [1.54, 1.807) is 18.2 Å². The molecule has 0 aromatic heterocycles. The molecule has 0 radical (unpaired) electrons. The van der Waals surface area contributed by atoms with E-state index in [1.165, 1.54) is 25.7 Å². The lowest BCUT2D eigenvalue weighted by Crippen LogP contribution is -2.45. The van der Waals surface area contributed by atoms with E-state index < -0.39 is 26.7 Å². The molecule has 1 N–H and O–H groups in total. The number of benzodiazepines with no additional fused rings is 1. The van der Waals surface area contributed by atoms with Crippen LogP contribution in [-0.2, 0) is 19.6 Å². The molecule has 3 rings (SSSR count). The van der Waals surface area contributed by atoms with Gasteiger partial charge in [-0.3, -0.25) is 19.3 Å². The highest BCUT2D eigenvalue weighted by Gasteiger charge is 2.36. The lowest BCUT2D eigenvalue weighted by molar-refractivity contribution is -0.121. The molecule has 2 aromatic rings. The predicted octanol–water partition coefficient (Wildman–Crippen LogP) is 4.57. The number of benzene rings is 2. The number of aliphatic imine (C=N–C) groups is 1. The maximum Gasteiger partial charge on any atom is 0.252 e. The van der Waals surface area contributed by atoms with E-state index in [0.29, 0.717) is 22.0 Å². The monoisotopic (exact) mass is 517 g/mol. The first-order chi connectivity index (χ1) is 16.4. The molecule has 0 bridgehead atoms. The number of rotatable bonds is 7. The van der Waals surface area contributed by atoms with Gasteiger partial charge < -0.3 is 4.90 Å². The zero-order valence-electron chi connectivity index (χ0n) is 20.7. The smallest absolute Gasteiger partial charge is 0.252 e. The summed E-state index contributed by atoms with van der Waals surface area (Å²) in [5, 5.41) is 0.496. The number of carbonyl (C=O) groups excluding carboxylic acids is 2. The van der Waals surface area contributed by atoms with Gasteiger partial charge in [0.2, 0.25) is 15.9 Å². The Morgan fingerprint density at radius 3 is 2.43 bits per heavy atom. The van der Waals surface area contributed by atoms with E-state index in [9.17, 15) is 18.0 Å². The second-order valence-corrected chi connectivity index (χ2v) is 12.6. The molecular weight excluding hydrogens is 486 g/mol. The maximum absolute atomic E-state index is 13.8. The fourth-order valence-corrected chi connectivity index (χ4v) is 4.57. The molecule has 0 saturated heterocycles. The topological polar surface area (TPSA) is 95.9 Å². The number of halogens is 1. The number of hydrogen-bond acceptors (Lipinski definition) is 5. The molecule has 0 fully saturated rings. The van der Waals surface area contributed by atoms with Crippen LogP contribution in [0.15, 0.2) is 53.5 Å². The fourth-order valence-electron chi connectivity index (χ4n) is 3.69. The Balaban J connectivity index is 2.03. The summed E-state index contributed by atoms with van der Waals surface area (Å²) in [6.07, 6.45) is 0.550. The van der Waals surface area contributed by atoms with E-state index in [-0.39, 0.29) is 24.8 Å². The van der Waals surface area contributed by atoms with E-state index in [1.807, 2.05) is 44.2 Å². The summed E-state index contributed by atoms with van der Waals surface area (Å²) in [6.45, 7) is 8.52. The summed E-state index contributed by atoms with van der Waals surface area (Å²) in [4.78, 5) is 32.8. The van der Waals surface area contributed by atoms with Crippen molar-refractivity contribution in [3.05, 3.63) is 64.7 Å². The quantitative estimate of drug-likeness (QED) is 0.581. The number of nitrogens with one attached hydrogen (secondary N) is 1. The first-order valence-electron chi connectivity index (χ1n) is 11.7. The molecule has 1 aliphatic rings. The Hall–Kier alpha value is -2.71. The molecule has 7 nitrogen and oxygen atoms in total. The van der Waals surface area contributed by atoms with Crippen LogP contribution in [0.3, 0.4) is 0 Å². The zero-order valence-corrected chi connectivity index (χ0v) is 22.3. The molecule has 2 atom stereocenters. The van der Waals surface area contributed by atoms with Crippen LogP contribution in [0.25, 0.3) is 0 Å². The second kappa shape index (κ2) is 10.5. The molecule has 1 heterocycles. The maximum atomic E-state index is 13.8. The van der Waals surface area contributed by atoms with Gasteiger partial charge in [-0.25, -0.2) is 8.42 Å². The van der Waals surface area contributed by atoms with Gasteiger partial charge in [0.05, 0.1) is 16.1 Å². The lowest BCUT2D eigenvalue weighted by atomic mass is 9.98. The normalized spacial score (nSPS) is 17.3. The van der Waals surface area contributed by atoms with Gasteiger partial charge in [-0.1, -0.05) is 62.2 Å². The third kappa shape index (κ3) is 5.93. The Kier molecular flexibility index (Phi) is 8.07. The van der Waals surface area contributed by atoms with Gasteiger partial charge >= 0.3 is 0 Å². The number of carbonyl (C=O) groups is 2. The molecule has 2 amide bonds. The van der Waals surface area contributed by atoms with Crippen molar-refractivity contribution < 1.29 is 18.0 Å². The summed E-state index contributed by atoms with van der Waals surface area (Å²) in [5.41, 5.74) is 2.78. The highest BCUT2D eigenvalue weighted by atomic mass is 35.5. The van der Waals surface area contributed by atoms with Crippen LogP contribution in [0.5, 0.6) is 0 Å². The van der Waals surface area contributed by atoms with Crippen LogP contribution < -0.4 is 9.62 Å². The highest BCUT2D eigenvalue weighted by Crippen LogP contribution is 2.33. The minimum atomic E-state index is -3.85. The molecule has 2 aromatic carbocycles. The zero-order chi connectivity index (χ0) is 26.0. The summed E-state index contributed by atoms with van der Waals surface area (Å²) in [6, 6.07) is 14.1. The average Bonchev–Trinajstić information content (AvgIpc) is 2.90. The van der Waals surface area contributed by atoms with Gasteiger partial charge in [-0.05, 0) is 44.9 Å². The molecule has 0 spiro atoms. The SMILES string of the molecule is CC[C@H](C)C1N=C(c2ccccc2)c2cc(Cl)ccc2N(CCC(=O)NS(=O)(=O)C(C)(C)C)C1=O. The molecule has 1 unspecified atom stereocenters. The molecule has 1 aliphatic heterocycles. The first kappa shape index (κ1) is 26.9. The first-order valence-corrected chi connectivity index (χ1v) is 13.5. The van der Waals surface area contributed by atoms with E-state index in [0.717, 1.165) is 12.0 Å². The van der Waals surface area contributed by atoms with Gasteiger partial charge in [0.25, 0.3) is 5.91 Å². The van der Waals surface area contributed by atoms with Gasteiger partial charge in [0.15, 0.2) is 0 Å². The average molecular weight is 518 g/mol. The third-order valence-electron chi connectivity index (χ3n) is 6.14. The second-order valence-electron chi connectivity index (χ2n) is 9.72. The number of nitrogens with zero attached hydrogens (tertiary/aromatic N) is 2. The van der Waals surface area contributed by atoms with Crippen molar-refractivity contribution in [1.82, 2.24) is 4.72 Å². The van der Waals surface area contributed by atoms with Crippen LogP contribution in [0, 0.1) is 5.92 Å². The van der Waals surface area contributed by atoms with Crippen molar-refractivity contribution in [2.24, 2.45) is 10.9 Å². The molecular formula is C26H32ClN3O4S. The van der Waals surface area contributed by atoms with Crippen LogP contribution in [0.2, 0.25) is 5.02 Å². The van der Waals surface area contributed by atoms with Crippen LogP contribution in [-0.4, -0.2) is 43.3 Å². The number of amides is 2. The van der Waals surface area contributed by atoms with E-state index >= 15 is 0 Å². The summed E-state index contributed by atoms with van der Waals surface area (Å²) >= 11 is 6.35. The van der Waals surface area contributed by atoms with Gasteiger partial charge in [-0.2, -0.15) is 0 Å². The van der Waals surface area contributed by atoms with E-state index in [4.69, 9.17) is 16.6 Å². The summed E-state index contributed by atoms with van der Waals surface area (Å²) in [7, 11) is -3.85. The van der Waals surface area contributed by atoms with Gasteiger partial charge in [0, 0.05) is 29.1 Å². The Labute approximate surface area is 212 Å². The Morgan fingerprint density at radius 1 is 1.17 bits per heavy atom. The van der Waals surface area contributed by atoms with Gasteiger partial charge in [-0.15, -0.1) is 0 Å². The van der Waals surface area contributed by atoms with Crippen molar-refractivity contribution in [3.63, 3.8) is 0 Å². The predicted molar refractivity (Wildman–Crippen MR) is 141 cm³/mol. The Bertz CT molecular complexity index is 1240. The lowest BCUT2D eigenvalue weighted by Gasteiger charge is -2.27. The minimum absolute atomic E-state index is 0.00346. The third-order valence-corrected chi connectivity index (χ3v) is 8.48. The van der Waals surface area contributed by atoms with Crippen LogP contribution in [0.1, 0.15) is 58.6 Å². The number of sulfonamides is 1. The van der Waals surface area contributed by atoms with Crippen LogP contribution in [0.4, 0.5) is 5.69 Å². The number of anilines is 1. The number of fused-ring (bicyclic) bond motifs is 1. The van der Waals surface area contributed by atoms with Gasteiger partial charge in [0.1, 0.15) is 6.04 Å². The molecule has 9 heteroatoms. The molecule has 35 heavy (non-hydrogen) atoms. The summed E-state index contributed by atoms with van der Waals surface area (Å²) < 4.78 is 25.8. The molecule has 0 saturated carbocycles. The summed E-state index contributed by atoms with van der Waals surface area (Å²) in [5.74, 6) is -0.958. The van der Waals surface area contributed by atoms with Crippen molar-refractivity contribution in [3.8, 4) is 0 Å². The Morgan fingerprint density at radius 2 is 1.83 bits per heavy atom. The molecule has 188 valence electrons. The van der Waals surface area contributed by atoms with Crippen LogP contribution >= 0.6 is 11.6 Å². The van der Waals surface area contributed by atoms with Crippen molar-refractivity contribution in [2.45, 2.75) is 58.2 Å². The minimum Gasteiger partial charge on any atom is -0.309 e. The van der Waals surface area contributed by atoms with Crippen molar-refractivity contribution >= 4 is 44.8 Å². The number of hydrogen-bond donors (Lipinski definition) is 1. The standard InChI is InChI=1S/C26H32ClN3O4S/c1-6-17(2)23-25(32)30(15-14-22(31)29-35(33,34)26(3,4)5)21-13-12-19(27)16-20(21)24(28-23)18-10-8-7-9-11-18/h7-13,16-17,23H,6,14-15H2,1-5H3,(H,29,31)/t17-,23?/m0/s1. The highest BCUT2D eigenvalue weighted by molar-refractivity contribution is 7.91. The van der Waals surface area contributed by atoms with Crippen molar-refractivity contribution in [2.75, 3.05) is 11.4 Å².